The minimum absolute atomic E-state index is 0.0411. The molecule has 1 aliphatic heterocycles. The molecule has 174 valence electrons. The van der Waals surface area contributed by atoms with E-state index < -0.39 is 15.8 Å². The highest BCUT2D eigenvalue weighted by molar-refractivity contribution is 7.89. The topological polar surface area (TPSA) is 73.0 Å². The van der Waals surface area contributed by atoms with Crippen LogP contribution < -0.4 is 5.32 Å². The Hall–Kier alpha value is -2.33. The van der Waals surface area contributed by atoms with Crippen LogP contribution in [0.1, 0.15) is 12.0 Å². The third-order valence-electron chi connectivity index (χ3n) is 5.58. The molecule has 0 aromatic heterocycles. The largest absolute Gasteiger partial charge is 0.355 e. The number of rotatable bonds is 10. The van der Waals surface area contributed by atoms with Crippen LogP contribution in [-0.4, -0.2) is 81.3 Å². The summed E-state index contributed by atoms with van der Waals surface area (Å²) >= 11 is 0. The number of nitrogens with zero attached hydrogens (tertiary/aromatic N) is 3. The Morgan fingerprint density at radius 3 is 2.28 bits per heavy atom. The van der Waals surface area contributed by atoms with Gasteiger partial charge >= 0.3 is 0 Å². The number of likely N-dealkylation sites (N-methyl/N-ethyl adjacent to an activating group) is 1. The second-order valence-corrected chi connectivity index (χ2v) is 10.1. The predicted octanol–water partition coefficient (Wildman–Crippen LogP) is 1.77. The number of hydrogen-bond donors (Lipinski definition) is 1. The van der Waals surface area contributed by atoms with Gasteiger partial charge in [-0.1, -0.05) is 30.3 Å². The highest BCUT2D eigenvalue weighted by Gasteiger charge is 2.23. The number of carbonyl (C=O) groups is 1. The zero-order valence-electron chi connectivity index (χ0n) is 18.4. The first kappa shape index (κ1) is 24.3. The minimum atomic E-state index is -3.83. The molecule has 3 rings (SSSR count). The first-order valence-electron chi connectivity index (χ1n) is 10.8. The van der Waals surface area contributed by atoms with Crippen molar-refractivity contribution in [3.05, 3.63) is 66.0 Å². The zero-order chi connectivity index (χ0) is 23.0. The maximum absolute atomic E-state index is 13.0. The highest BCUT2D eigenvalue weighted by atomic mass is 32.2. The fourth-order valence-corrected chi connectivity index (χ4v) is 4.80. The Balaban J connectivity index is 1.32. The van der Waals surface area contributed by atoms with Crippen LogP contribution >= 0.6 is 0 Å². The van der Waals surface area contributed by atoms with E-state index in [1.807, 2.05) is 6.07 Å². The molecule has 0 spiro atoms. The van der Waals surface area contributed by atoms with Crippen molar-refractivity contribution < 1.29 is 17.6 Å². The van der Waals surface area contributed by atoms with Gasteiger partial charge < -0.3 is 10.2 Å². The molecule has 1 N–H and O–H groups in total. The zero-order valence-corrected chi connectivity index (χ0v) is 19.2. The predicted molar refractivity (Wildman–Crippen MR) is 122 cm³/mol. The Morgan fingerprint density at radius 1 is 1.00 bits per heavy atom. The maximum Gasteiger partial charge on any atom is 0.243 e. The molecule has 0 radical (unpaired) electrons. The molecule has 0 saturated carbocycles. The fraction of sp³-hybridized carbons (Fsp3) is 0.435. The lowest BCUT2D eigenvalue weighted by Gasteiger charge is -2.34. The van der Waals surface area contributed by atoms with Crippen LogP contribution in [0, 0.1) is 5.82 Å². The Bertz CT molecular complexity index is 962. The van der Waals surface area contributed by atoms with Crippen LogP contribution in [0.15, 0.2) is 59.5 Å². The summed E-state index contributed by atoms with van der Waals surface area (Å²) in [6.45, 7) is 6.12. The van der Waals surface area contributed by atoms with E-state index in [0.717, 1.165) is 62.1 Å². The number of halogens is 1. The van der Waals surface area contributed by atoms with Gasteiger partial charge in [0.05, 0.1) is 11.4 Å². The molecule has 0 bridgehead atoms. The van der Waals surface area contributed by atoms with E-state index >= 15 is 0 Å². The molecule has 1 saturated heterocycles. The van der Waals surface area contributed by atoms with Gasteiger partial charge in [-0.15, -0.1) is 0 Å². The highest BCUT2D eigenvalue weighted by Crippen LogP contribution is 2.14. The smallest absolute Gasteiger partial charge is 0.243 e. The molecule has 0 atom stereocenters. The second kappa shape index (κ2) is 11.5. The summed E-state index contributed by atoms with van der Waals surface area (Å²) in [5, 5.41) is 2.79. The van der Waals surface area contributed by atoms with Gasteiger partial charge in [0.15, 0.2) is 0 Å². The second-order valence-electron chi connectivity index (χ2n) is 8.02. The lowest BCUT2D eigenvalue weighted by Crippen LogP contribution is -2.46. The molecule has 32 heavy (non-hydrogen) atoms. The van der Waals surface area contributed by atoms with Crippen molar-refractivity contribution in [3.8, 4) is 0 Å². The van der Waals surface area contributed by atoms with E-state index in [2.05, 4.69) is 39.4 Å². The summed E-state index contributed by atoms with van der Waals surface area (Å²) in [6, 6.07) is 15.0. The molecule has 7 nitrogen and oxygen atoms in total. The molecule has 1 fully saturated rings. The van der Waals surface area contributed by atoms with Crippen molar-refractivity contribution in [2.75, 3.05) is 52.9 Å². The first-order valence-corrected chi connectivity index (χ1v) is 12.3. The molecular weight excluding hydrogens is 431 g/mol. The van der Waals surface area contributed by atoms with E-state index in [1.54, 1.807) is 0 Å². The Labute approximate surface area is 189 Å². The lowest BCUT2D eigenvalue weighted by atomic mass is 10.2. The molecular formula is C23H31FN4O3S. The van der Waals surface area contributed by atoms with E-state index in [-0.39, 0.29) is 17.3 Å². The fourth-order valence-electron chi connectivity index (χ4n) is 3.67. The van der Waals surface area contributed by atoms with Gasteiger partial charge in [-0.3, -0.25) is 9.69 Å². The average Bonchev–Trinajstić information content (AvgIpc) is 2.79. The molecule has 1 aliphatic rings. The quantitative estimate of drug-likeness (QED) is 0.545. The molecule has 9 heteroatoms. The van der Waals surface area contributed by atoms with Crippen LogP contribution in [-0.2, 0) is 21.4 Å². The van der Waals surface area contributed by atoms with E-state index in [1.165, 1.54) is 24.7 Å². The van der Waals surface area contributed by atoms with Gasteiger partial charge in [0.25, 0.3) is 0 Å². The molecule has 0 unspecified atom stereocenters. The van der Waals surface area contributed by atoms with Crippen molar-refractivity contribution in [3.63, 3.8) is 0 Å². The van der Waals surface area contributed by atoms with Crippen molar-refractivity contribution in [2.45, 2.75) is 17.9 Å². The number of benzene rings is 2. The Morgan fingerprint density at radius 2 is 1.62 bits per heavy atom. The molecule has 2 aromatic carbocycles. The van der Waals surface area contributed by atoms with Crippen molar-refractivity contribution in [1.29, 1.82) is 0 Å². The summed E-state index contributed by atoms with van der Waals surface area (Å²) in [5.41, 5.74) is 1.33. The molecule has 0 aliphatic carbocycles. The Kier molecular flexibility index (Phi) is 8.75. The molecule has 2 aromatic rings. The van der Waals surface area contributed by atoms with Crippen LogP contribution in [0.5, 0.6) is 0 Å². The monoisotopic (exact) mass is 462 g/mol. The number of carbonyl (C=O) groups excluding carboxylic acids is 1. The van der Waals surface area contributed by atoms with Crippen LogP contribution in [0.4, 0.5) is 4.39 Å². The molecule has 1 amide bonds. The summed E-state index contributed by atoms with van der Waals surface area (Å²) in [5.74, 6) is -0.868. The first-order chi connectivity index (χ1) is 15.3. The third-order valence-corrected chi connectivity index (χ3v) is 7.39. The lowest BCUT2D eigenvalue weighted by molar-refractivity contribution is -0.121. The van der Waals surface area contributed by atoms with Crippen LogP contribution in [0.25, 0.3) is 0 Å². The number of hydrogen-bond acceptors (Lipinski definition) is 5. The maximum atomic E-state index is 13.0. The van der Waals surface area contributed by atoms with Crippen LogP contribution in [0.3, 0.4) is 0 Å². The van der Waals surface area contributed by atoms with Gasteiger partial charge in [0.2, 0.25) is 15.9 Å². The van der Waals surface area contributed by atoms with Gasteiger partial charge in [-0.2, -0.15) is 4.31 Å². The van der Waals surface area contributed by atoms with Crippen LogP contribution in [0.2, 0.25) is 0 Å². The van der Waals surface area contributed by atoms with Gasteiger partial charge in [-0.25, -0.2) is 12.8 Å². The normalized spacial score (nSPS) is 15.7. The number of piperazine rings is 1. The standard InChI is InChI=1S/C23H31FN4O3S/c1-26(32(30,31)22-10-8-21(24)9-11-22)19-23(29)25-12-5-13-27-14-16-28(17-15-27)18-20-6-3-2-4-7-20/h2-4,6-11H,5,12-19H2,1H3,(H,25,29). The average molecular weight is 463 g/mol. The van der Waals surface area contributed by atoms with E-state index in [4.69, 9.17) is 0 Å². The molecule has 1 heterocycles. The van der Waals surface area contributed by atoms with Gasteiger partial charge in [-0.05, 0) is 42.8 Å². The van der Waals surface area contributed by atoms with Crippen molar-refractivity contribution in [2.24, 2.45) is 0 Å². The summed E-state index contributed by atoms with van der Waals surface area (Å²) in [7, 11) is -2.49. The number of sulfonamides is 1. The van der Waals surface area contributed by atoms with Gasteiger partial charge in [0.1, 0.15) is 5.82 Å². The minimum Gasteiger partial charge on any atom is -0.355 e. The van der Waals surface area contributed by atoms with Crippen molar-refractivity contribution in [1.82, 2.24) is 19.4 Å². The summed E-state index contributed by atoms with van der Waals surface area (Å²) < 4.78 is 38.9. The number of amides is 1. The summed E-state index contributed by atoms with van der Waals surface area (Å²) in [6.07, 6.45) is 0.804. The van der Waals surface area contributed by atoms with Gasteiger partial charge in [0, 0.05) is 46.3 Å². The van der Waals surface area contributed by atoms with E-state index in [9.17, 15) is 17.6 Å². The number of nitrogens with one attached hydrogen (secondary N) is 1. The van der Waals surface area contributed by atoms with E-state index in [0.29, 0.717) is 6.54 Å². The SMILES string of the molecule is CN(CC(=O)NCCCN1CCN(Cc2ccccc2)CC1)S(=O)(=O)c1ccc(F)cc1. The van der Waals surface area contributed by atoms with Crippen molar-refractivity contribution >= 4 is 15.9 Å². The third kappa shape index (κ3) is 7.09. The summed E-state index contributed by atoms with van der Waals surface area (Å²) in [4.78, 5) is 17.0.